The molecule has 2 heterocycles. The molecule has 1 aliphatic heterocycles. The first-order valence-electron chi connectivity index (χ1n) is 7.88. The molecule has 1 aromatic heterocycles. The number of piperazine rings is 1. The number of nitrogens with zero attached hydrogens (tertiary/aromatic N) is 4. The van der Waals surface area contributed by atoms with Crippen molar-refractivity contribution in [1.29, 1.82) is 0 Å². The Bertz CT molecular complexity index is 669. The van der Waals surface area contributed by atoms with Gasteiger partial charge in [-0.25, -0.2) is 18.7 Å². The van der Waals surface area contributed by atoms with Gasteiger partial charge >= 0.3 is 0 Å². The molecular formula is C17H20F2N4. The molecule has 6 heteroatoms. The number of aryl methyl sites for hydroxylation is 1. The van der Waals surface area contributed by atoms with E-state index in [0.29, 0.717) is 37.6 Å². The molecule has 0 N–H and O–H groups in total. The Kier molecular flexibility index (Phi) is 4.81. The van der Waals surface area contributed by atoms with Crippen molar-refractivity contribution in [2.24, 2.45) is 0 Å². The molecule has 0 bridgehead atoms. The van der Waals surface area contributed by atoms with Gasteiger partial charge in [0, 0.05) is 32.7 Å². The minimum atomic E-state index is -0.311. The number of rotatable bonds is 4. The van der Waals surface area contributed by atoms with Crippen molar-refractivity contribution in [2.45, 2.75) is 19.9 Å². The molecule has 1 saturated heterocycles. The van der Waals surface area contributed by atoms with Gasteiger partial charge in [0.2, 0.25) is 0 Å². The fourth-order valence-corrected chi connectivity index (χ4v) is 2.87. The van der Waals surface area contributed by atoms with E-state index in [1.54, 1.807) is 12.1 Å². The van der Waals surface area contributed by atoms with Crippen LogP contribution in [0, 0.1) is 11.6 Å². The van der Waals surface area contributed by atoms with Crippen LogP contribution in [0.3, 0.4) is 0 Å². The van der Waals surface area contributed by atoms with Crippen LogP contribution >= 0.6 is 0 Å². The molecule has 122 valence electrons. The minimum absolute atomic E-state index is 0.212. The molecule has 1 aromatic carbocycles. The lowest BCUT2D eigenvalue weighted by molar-refractivity contribution is 0.248. The molecule has 0 amide bonds. The summed E-state index contributed by atoms with van der Waals surface area (Å²) in [7, 11) is 0. The van der Waals surface area contributed by atoms with E-state index < -0.39 is 0 Å². The van der Waals surface area contributed by atoms with Crippen molar-refractivity contribution in [3.8, 4) is 0 Å². The van der Waals surface area contributed by atoms with Crippen molar-refractivity contribution >= 4 is 5.82 Å². The molecule has 2 aromatic rings. The number of halogens is 2. The molecule has 23 heavy (non-hydrogen) atoms. The standard InChI is InChI=1S/C17H20F2N4/c1-2-15-16(19)17(21-12-20-15)23-8-6-22(7-9-23)11-13-4-3-5-14(18)10-13/h3-5,10,12H,2,6-9,11H2,1H3. The highest BCUT2D eigenvalue weighted by atomic mass is 19.1. The van der Waals surface area contributed by atoms with E-state index in [1.807, 2.05) is 17.9 Å². The maximum Gasteiger partial charge on any atom is 0.187 e. The zero-order valence-electron chi connectivity index (χ0n) is 13.2. The Hall–Kier alpha value is -2.08. The van der Waals surface area contributed by atoms with Crippen molar-refractivity contribution in [2.75, 3.05) is 31.1 Å². The van der Waals surface area contributed by atoms with Crippen LogP contribution in [0.25, 0.3) is 0 Å². The Morgan fingerprint density at radius 3 is 2.57 bits per heavy atom. The third-order valence-corrected chi connectivity index (χ3v) is 4.15. The van der Waals surface area contributed by atoms with Gasteiger partial charge in [-0.15, -0.1) is 0 Å². The molecule has 0 saturated carbocycles. The fraction of sp³-hybridized carbons (Fsp3) is 0.412. The first-order chi connectivity index (χ1) is 11.2. The second-order valence-electron chi connectivity index (χ2n) is 5.70. The summed E-state index contributed by atoms with van der Waals surface area (Å²) in [6, 6.07) is 6.66. The first kappa shape index (κ1) is 15.8. The van der Waals surface area contributed by atoms with Crippen molar-refractivity contribution in [3.63, 3.8) is 0 Å². The summed E-state index contributed by atoms with van der Waals surface area (Å²) in [5, 5.41) is 0. The summed E-state index contributed by atoms with van der Waals surface area (Å²) in [5.41, 5.74) is 1.41. The lowest BCUT2D eigenvalue weighted by atomic mass is 10.2. The highest BCUT2D eigenvalue weighted by Crippen LogP contribution is 2.20. The van der Waals surface area contributed by atoms with Gasteiger partial charge in [-0.05, 0) is 24.1 Å². The van der Waals surface area contributed by atoms with Crippen molar-refractivity contribution < 1.29 is 8.78 Å². The second kappa shape index (κ2) is 7.00. The Labute approximate surface area is 134 Å². The van der Waals surface area contributed by atoms with Crippen LogP contribution in [0.4, 0.5) is 14.6 Å². The third-order valence-electron chi connectivity index (χ3n) is 4.15. The second-order valence-corrected chi connectivity index (χ2v) is 5.70. The van der Waals surface area contributed by atoms with Gasteiger partial charge in [-0.2, -0.15) is 0 Å². The lowest BCUT2D eigenvalue weighted by Gasteiger charge is -2.35. The summed E-state index contributed by atoms with van der Waals surface area (Å²) in [4.78, 5) is 12.3. The van der Waals surface area contributed by atoms with E-state index >= 15 is 0 Å². The first-order valence-corrected chi connectivity index (χ1v) is 7.88. The maximum absolute atomic E-state index is 14.3. The average Bonchev–Trinajstić information content (AvgIpc) is 2.56. The van der Waals surface area contributed by atoms with E-state index in [0.717, 1.165) is 18.7 Å². The van der Waals surface area contributed by atoms with Crippen LogP contribution in [-0.4, -0.2) is 41.0 Å². The Morgan fingerprint density at radius 2 is 1.87 bits per heavy atom. The quantitative estimate of drug-likeness (QED) is 0.867. The molecule has 0 unspecified atom stereocenters. The zero-order chi connectivity index (χ0) is 16.2. The number of hydrogen-bond donors (Lipinski definition) is 0. The molecule has 1 aliphatic rings. The number of aromatic nitrogens is 2. The largest absolute Gasteiger partial charge is 0.352 e. The van der Waals surface area contributed by atoms with Gasteiger partial charge in [-0.3, -0.25) is 4.90 Å². The molecule has 0 radical (unpaired) electrons. The van der Waals surface area contributed by atoms with E-state index in [2.05, 4.69) is 14.9 Å². The highest BCUT2D eigenvalue weighted by molar-refractivity contribution is 5.41. The van der Waals surface area contributed by atoms with Crippen LogP contribution in [0.1, 0.15) is 18.2 Å². The Balaban J connectivity index is 1.62. The van der Waals surface area contributed by atoms with Crippen LogP contribution < -0.4 is 4.90 Å². The van der Waals surface area contributed by atoms with E-state index in [9.17, 15) is 8.78 Å². The van der Waals surface area contributed by atoms with E-state index in [4.69, 9.17) is 0 Å². The average molecular weight is 318 g/mol. The molecule has 4 nitrogen and oxygen atoms in total. The topological polar surface area (TPSA) is 32.3 Å². The minimum Gasteiger partial charge on any atom is -0.352 e. The van der Waals surface area contributed by atoms with Gasteiger partial charge in [0.25, 0.3) is 0 Å². The highest BCUT2D eigenvalue weighted by Gasteiger charge is 2.22. The van der Waals surface area contributed by atoms with Gasteiger partial charge < -0.3 is 4.90 Å². The van der Waals surface area contributed by atoms with Crippen molar-refractivity contribution in [1.82, 2.24) is 14.9 Å². The van der Waals surface area contributed by atoms with E-state index in [-0.39, 0.29) is 11.6 Å². The monoisotopic (exact) mass is 318 g/mol. The lowest BCUT2D eigenvalue weighted by Crippen LogP contribution is -2.46. The van der Waals surface area contributed by atoms with Gasteiger partial charge in [0.05, 0.1) is 5.69 Å². The van der Waals surface area contributed by atoms with E-state index in [1.165, 1.54) is 12.4 Å². The molecule has 1 fully saturated rings. The molecular weight excluding hydrogens is 298 g/mol. The third kappa shape index (κ3) is 3.64. The predicted octanol–water partition coefficient (Wildman–Crippen LogP) is 2.64. The fourth-order valence-electron chi connectivity index (χ4n) is 2.87. The molecule has 0 spiro atoms. The summed E-state index contributed by atoms with van der Waals surface area (Å²) in [6.45, 7) is 5.58. The zero-order valence-corrected chi connectivity index (χ0v) is 13.2. The van der Waals surface area contributed by atoms with Gasteiger partial charge in [0.15, 0.2) is 11.6 Å². The van der Waals surface area contributed by atoms with Crippen LogP contribution in [-0.2, 0) is 13.0 Å². The van der Waals surface area contributed by atoms with Gasteiger partial charge in [-0.1, -0.05) is 19.1 Å². The summed E-state index contributed by atoms with van der Waals surface area (Å²) in [6.07, 6.45) is 1.98. The summed E-state index contributed by atoms with van der Waals surface area (Å²) < 4.78 is 27.6. The SMILES string of the molecule is CCc1ncnc(N2CCN(Cc3cccc(F)c3)CC2)c1F. The summed E-state index contributed by atoms with van der Waals surface area (Å²) >= 11 is 0. The molecule has 0 atom stereocenters. The normalized spacial score (nSPS) is 15.9. The van der Waals surface area contributed by atoms with Crippen molar-refractivity contribution in [3.05, 3.63) is 53.5 Å². The summed E-state index contributed by atoms with van der Waals surface area (Å²) in [5.74, 6) is -0.132. The smallest absolute Gasteiger partial charge is 0.187 e. The van der Waals surface area contributed by atoms with Crippen LogP contribution in [0.5, 0.6) is 0 Å². The van der Waals surface area contributed by atoms with Crippen LogP contribution in [0.15, 0.2) is 30.6 Å². The molecule has 0 aliphatic carbocycles. The number of anilines is 1. The van der Waals surface area contributed by atoms with Gasteiger partial charge in [0.1, 0.15) is 12.1 Å². The molecule has 3 rings (SSSR count). The maximum atomic E-state index is 14.3. The number of hydrogen-bond acceptors (Lipinski definition) is 4. The van der Waals surface area contributed by atoms with Crippen LogP contribution in [0.2, 0.25) is 0 Å². The predicted molar refractivity (Wildman–Crippen MR) is 85.3 cm³/mol. The number of benzene rings is 1. The Morgan fingerprint density at radius 1 is 1.09 bits per heavy atom.